The van der Waals surface area contributed by atoms with Crippen LogP contribution in [0.3, 0.4) is 0 Å². The molecule has 4 rings (SSSR count). The summed E-state index contributed by atoms with van der Waals surface area (Å²) in [7, 11) is 0. The molecule has 2 aliphatic rings. The molecular weight excluding hydrogens is 356 g/mol. The summed E-state index contributed by atoms with van der Waals surface area (Å²) in [5.74, 6) is -3.79. The number of pyridine rings is 1. The highest BCUT2D eigenvalue weighted by molar-refractivity contribution is 5.95. The van der Waals surface area contributed by atoms with Crippen molar-refractivity contribution in [3.8, 4) is 0 Å². The van der Waals surface area contributed by atoms with Crippen molar-refractivity contribution in [1.29, 1.82) is 0 Å². The Morgan fingerprint density at radius 2 is 2.00 bits per heavy atom. The lowest BCUT2D eigenvalue weighted by Gasteiger charge is -2.35. The molecule has 8 heteroatoms. The second-order valence-electron chi connectivity index (χ2n) is 7.44. The lowest BCUT2D eigenvalue weighted by Crippen LogP contribution is -2.49. The number of anilines is 1. The van der Waals surface area contributed by atoms with Crippen LogP contribution in [0.2, 0.25) is 0 Å². The van der Waals surface area contributed by atoms with Crippen molar-refractivity contribution in [2.24, 2.45) is 0 Å². The Hall–Kier alpha value is -2.48. The fraction of sp³-hybridized carbons (Fsp3) is 0.474. The molecule has 0 bridgehead atoms. The monoisotopic (exact) mass is 377 g/mol. The van der Waals surface area contributed by atoms with E-state index in [1.807, 2.05) is 6.92 Å². The first-order chi connectivity index (χ1) is 12.8. The SMILES string of the molecule is Cc1c(N2CCNC(C)C2)c(F)c(F)c2c(=O)c(C(=O)O)cn(C3CC3)c12. The Morgan fingerprint density at radius 3 is 2.59 bits per heavy atom. The Kier molecular flexibility index (Phi) is 4.18. The molecule has 6 nitrogen and oxygen atoms in total. The first-order valence-corrected chi connectivity index (χ1v) is 9.09. The highest BCUT2D eigenvalue weighted by Gasteiger charge is 2.32. The van der Waals surface area contributed by atoms with Crippen molar-refractivity contribution < 1.29 is 18.7 Å². The van der Waals surface area contributed by atoms with E-state index in [2.05, 4.69) is 5.32 Å². The maximum absolute atomic E-state index is 15.0. The van der Waals surface area contributed by atoms with Crippen molar-refractivity contribution in [1.82, 2.24) is 9.88 Å². The highest BCUT2D eigenvalue weighted by atomic mass is 19.2. The Morgan fingerprint density at radius 1 is 1.30 bits per heavy atom. The van der Waals surface area contributed by atoms with Gasteiger partial charge in [0.15, 0.2) is 11.6 Å². The number of nitrogens with one attached hydrogen (secondary N) is 1. The molecule has 2 fully saturated rings. The van der Waals surface area contributed by atoms with Gasteiger partial charge in [-0.15, -0.1) is 0 Å². The number of carbonyl (C=O) groups is 1. The third-order valence-electron chi connectivity index (χ3n) is 5.42. The zero-order valence-corrected chi connectivity index (χ0v) is 15.2. The molecule has 2 aromatic rings. The van der Waals surface area contributed by atoms with Crippen LogP contribution in [0.15, 0.2) is 11.0 Å². The maximum atomic E-state index is 15.0. The molecule has 144 valence electrons. The summed E-state index contributed by atoms with van der Waals surface area (Å²) in [6.07, 6.45) is 2.91. The number of hydrogen-bond acceptors (Lipinski definition) is 4. The number of fused-ring (bicyclic) bond motifs is 1. The van der Waals surface area contributed by atoms with Gasteiger partial charge in [-0.05, 0) is 26.7 Å². The number of aromatic nitrogens is 1. The largest absolute Gasteiger partial charge is 0.477 e. The number of hydrogen-bond donors (Lipinski definition) is 2. The summed E-state index contributed by atoms with van der Waals surface area (Å²) in [6.45, 7) is 5.33. The number of carboxylic acid groups (broad SMARTS) is 1. The third-order valence-corrected chi connectivity index (χ3v) is 5.42. The standard InChI is InChI=1S/C19H21F2N3O3/c1-9-7-23(6-5-22-9)17-10(2)16-13(14(20)15(17)21)18(25)12(19(26)27)8-24(16)11-3-4-11/h8-9,11,22H,3-7H2,1-2H3,(H,26,27). The average Bonchev–Trinajstić information content (AvgIpc) is 3.44. The van der Waals surface area contributed by atoms with E-state index in [0.717, 1.165) is 12.8 Å². The molecule has 1 atom stereocenters. The van der Waals surface area contributed by atoms with Crippen LogP contribution in [0.5, 0.6) is 0 Å². The highest BCUT2D eigenvalue weighted by Crippen LogP contribution is 2.41. The van der Waals surface area contributed by atoms with E-state index >= 15 is 8.78 Å². The van der Waals surface area contributed by atoms with Gasteiger partial charge in [0, 0.05) is 43.5 Å². The van der Waals surface area contributed by atoms with Crippen molar-refractivity contribution in [2.45, 2.75) is 38.8 Å². The van der Waals surface area contributed by atoms with Gasteiger partial charge in [-0.25, -0.2) is 13.6 Å². The van der Waals surface area contributed by atoms with Crippen LogP contribution in [-0.4, -0.2) is 41.3 Å². The molecule has 27 heavy (non-hydrogen) atoms. The number of nitrogens with zero attached hydrogens (tertiary/aromatic N) is 2. The van der Waals surface area contributed by atoms with Crippen LogP contribution in [0.1, 0.15) is 41.7 Å². The Bertz CT molecular complexity index is 1010. The number of rotatable bonds is 3. The third kappa shape index (κ3) is 2.79. The van der Waals surface area contributed by atoms with Gasteiger partial charge in [0.25, 0.3) is 0 Å². The lowest BCUT2D eigenvalue weighted by atomic mass is 10.0. The van der Waals surface area contributed by atoms with E-state index in [1.54, 1.807) is 16.4 Å². The van der Waals surface area contributed by atoms with Crippen molar-refractivity contribution in [2.75, 3.05) is 24.5 Å². The normalized spacial score (nSPS) is 20.3. The zero-order chi connectivity index (χ0) is 19.5. The molecule has 2 heterocycles. The van der Waals surface area contributed by atoms with E-state index in [9.17, 15) is 14.7 Å². The molecule has 1 aliphatic carbocycles. The Balaban J connectivity index is 2.06. The average molecular weight is 377 g/mol. The summed E-state index contributed by atoms with van der Waals surface area (Å²) >= 11 is 0. The first kappa shape index (κ1) is 17.9. The topological polar surface area (TPSA) is 74.6 Å². The van der Waals surface area contributed by atoms with E-state index in [1.165, 1.54) is 6.20 Å². The summed E-state index contributed by atoms with van der Waals surface area (Å²) in [4.78, 5) is 25.8. The second kappa shape index (κ2) is 6.30. The van der Waals surface area contributed by atoms with Crippen LogP contribution in [0.4, 0.5) is 14.5 Å². The quantitative estimate of drug-likeness (QED) is 0.859. The zero-order valence-electron chi connectivity index (χ0n) is 15.2. The van der Waals surface area contributed by atoms with Gasteiger partial charge in [0.05, 0.1) is 16.6 Å². The number of aryl methyl sites for hydroxylation is 1. The van der Waals surface area contributed by atoms with Gasteiger partial charge >= 0.3 is 5.97 Å². The van der Waals surface area contributed by atoms with Gasteiger partial charge in [-0.2, -0.15) is 0 Å². The molecule has 0 spiro atoms. The minimum atomic E-state index is -1.44. The summed E-state index contributed by atoms with van der Waals surface area (Å²) in [6, 6.07) is 0.126. The number of aromatic carboxylic acids is 1. The van der Waals surface area contributed by atoms with Crippen molar-refractivity contribution in [3.05, 3.63) is 39.2 Å². The maximum Gasteiger partial charge on any atom is 0.341 e. The molecule has 1 aliphatic heterocycles. The van der Waals surface area contributed by atoms with Gasteiger partial charge in [0.2, 0.25) is 5.43 Å². The summed E-state index contributed by atoms with van der Waals surface area (Å²) in [5, 5.41) is 12.1. The molecule has 1 unspecified atom stereocenters. The molecule has 0 radical (unpaired) electrons. The summed E-state index contributed by atoms with van der Waals surface area (Å²) in [5.41, 5.74) is -0.582. The molecule has 1 aromatic carbocycles. The lowest BCUT2D eigenvalue weighted by molar-refractivity contribution is 0.0695. The smallest absolute Gasteiger partial charge is 0.341 e. The number of benzene rings is 1. The fourth-order valence-electron chi connectivity index (χ4n) is 4.01. The van der Waals surface area contributed by atoms with E-state index < -0.39 is 34.0 Å². The van der Waals surface area contributed by atoms with Crippen LogP contribution in [0, 0.1) is 18.6 Å². The number of carboxylic acids is 1. The van der Waals surface area contributed by atoms with Crippen LogP contribution in [-0.2, 0) is 0 Å². The molecular formula is C19H21F2N3O3. The van der Waals surface area contributed by atoms with E-state index in [-0.39, 0.29) is 17.8 Å². The van der Waals surface area contributed by atoms with Crippen LogP contribution >= 0.6 is 0 Å². The molecule has 2 N–H and O–H groups in total. The molecule has 0 amide bonds. The minimum absolute atomic E-state index is 0.00422. The predicted octanol–water partition coefficient (Wildman–Crippen LogP) is 2.42. The Labute approximate surface area is 154 Å². The van der Waals surface area contributed by atoms with Gasteiger partial charge in [0.1, 0.15) is 5.56 Å². The van der Waals surface area contributed by atoms with Crippen LogP contribution in [0.25, 0.3) is 10.9 Å². The second-order valence-corrected chi connectivity index (χ2v) is 7.44. The predicted molar refractivity (Wildman–Crippen MR) is 97.8 cm³/mol. The molecule has 1 saturated carbocycles. The van der Waals surface area contributed by atoms with Gasteiger partial charge < -0.3 is 19.9 Å². The van der Waals surface area contributed by atoms with Crippen LogP contribution < -0.4 is 15.6 Å². The number of piperazine rings is 1. The fourth-order valence-corrected chi connectivity index (χ4v) is 4.01. The van der Waals surface area contributed by atoms with Crippen molar-refractivity contribution >= 4 is 22.6 Å². The number of halogens is 2. The first-order valence-electron chi connectivity index (χ1n) is 9.09. The van der Waals surface area contributed by atoms with E-state index in [4.69, 9.17) is 0 Å². The molecule has 1 aromatic heterocycles. The minimum Gasteiger partial charge on any atom is -0.477 e. The van der Waals surface area contributed by atoms with Crippen molar-refractivity contribution in [3.63, 3.8) is 0 Å². The van der Waals surface area contributed by atoms with Gasteiger partial charge in [-0.3, -0.25) is 4.79 Å². The summed E-state index contributed by atoms with van der Waals surface area (Å²) < 4.78 is 31.7. The van der Waals surface area contributed by atoms with E-state index in [0.29, 0.717) is 30.7 Å². The van der Waals surface area contributed by atoms with Gasteiger partial charge in [-0.1, -0.05) is 0 Å². The molecule has 1 saturated heterocycles.